The molecule has 0 aromatic carbocycles. The van der Waals surface area contributed by atoms with Gasteiger partial charge in [-0.1, -0.05) is 19.8 Å². The van der Waals surface area contributed by atoms with Crippen LogP contribution in [0.1, 0.15) is 51.9 Å². The third-order valence-corrected chi connectivity index (χ3v) is 3.37. The van der Waals surface area contributed by atoms with Crippen LogP contribution in [0.2, 0.25) is 0 Å². The summed E-state index contributed by atoms with van der Waals surface area (Å²) in [7, 11) is 0. The van der Waals surface area contributed by atoms with Gasteiger partial charge in [0.15, 0.2) is 0 Å². The zero-order valence-corrected chi connectivity index (χ0v) is 9.92. The van der Waals surface area contributed by atoms with E-state index in [-0.39, 0.29) is 17.7 Å². The molecule has 0 atom stereocenters. The molecule has 1 amide bonds. The number of carbonyl (C=O) groups excluding carboxylic acids is 1. The molecular weight excluding hydrogens is 206 g/mol. The highest BCUT2D eigenvalue weighted by Crippen LogP contribution is 2.44. The van der Waals surface area contributed by atoms with Gasteiger partial charge < -0.3 is 10.4 Å². The van der Waals surface area contributed by atoms with Gasteiger partial charge in [0.25, 0.3) is 0 Å². The van der Waals surface area contributed by atoms with Crippen molar-refractivity contribution in [1.29, 1.82) is 0 Å². The fourth-order valence-electron chi connectivity index (χ4n) is 2.30. The van der Waals surface area contributed by atoms with Gasteiger partial charge in [-0.2, -0.15) is 0 Å². The summed E-state index contributed by atoms with van der Waals surface area (Å²) in [6.45, 7) is 2.58. The molecule has 1 aliphatic carbocycles. The maximum absolute atomic E-state index is 11.9. The molecule has 1 rings (SSSR count). The van der Waals surface area contributed by atoms with E-state index in [9.17, 15) is 9.59 Å². The molecule has 0 aromatic rings. The summed E-state index contributed by atoms with van der Waals surface area (Å²) in [6.07, 6.45) is 5.75. The van der Waals surface area contributed by atoms with E-state index >= 15 is 0 Å². The second-order valence-electron chi connectivity index (χ2n) is 4.64. The summed E-state index contributed by atoms with van der Waals surface area (Å²) < 4.78 is 0. The molecule has 0 unspecified atom stereocenters. The molecule has 1 saturated carbocycles. The first-order chi connectivity index (χ1) is 7.60. The van der Waals surface area contributed by atoms with Crippen molar-refractivity contribution in [2.45, 2.75) is 51.9 Å². The minimum atomic E-state index is -0.804. The standard InChI is InChI=1S/C12H21NO3/c1-2-6-12(7-4-8-12)11(16)13-9-3-5-10(14)15/h2-9H2,1H3,(H,13,16)(H,14,15). The van der Waals surface area contributed by atoms with Crippen LogP contribution in [0.5, 0.6) is 0 Å². The number of carbonyl (C=O) groups is 2. The normalized spacial score (nSPS) is 17.6. The minimum absolute atomic E-state index is 0.126. The first-order valence-electron chi connectivity index (χ1n) is 6.11. The van der Waals surface area contributed by atoms with Gasteiger partial charge >= 0.3 is 5.97 Å². The largest absolute Gasteiger partial charge is 0.481 e. The van der Waals surface area contributed by atoms with Crippen LogP contribution < -0.4 is 5.32 Å². The van der Waals surface area contributed by atoms with Crippen molar-refractivity contribution < 1.29 is 14.7 Å². The van der Waals surface area contributed by atoms with Crippen molar-refractivity contribution in [3.8, 4) is 0 Å². The van der Waals surface area contributed by atoms with Gasteiger partial charge in [-0.3, -0.25) is 9.59 Å². The Kier molecular flexibility index (Phi) is 4.77. The van der Waals surface area contributed by atoms with Gasteiger partial charge in [0.1, 0.15) is 0 Å². The Morgan fingerprint density at radius 2 is 2.06 bits per heavy atom. The lowest BCUT2D eigenvalue weighted by Crippen LogP contribution is -2.45. The Morgan fingerprint density at radius 3 is 2.50 bits per heavy atom. The molecule has 0 heterocycles. The first kappa shape index (κ1) is 13.0. The topological polar surface area (TPSA) is 66.4 Å². The number of aliphatic carboxylic acids is 1. The van der Waals surface area contributed by atoms with Crippen LogP contribution >= 0.6 is 0 Å². The van der Waals surface area contributed by atoms with Gasteiger partial charge in [-0.15, -0.1) is 0 Å². The highest BCUT2D eigenvalue weighted by atomic mass is 16.4. The van der Waals surface area contributed by atoms with E-state index in [2.05, 4.69) is 12.2 Å². The molecule has 4 nitrogen and oxygen atoms in total. The molecule has 16 heavy (non-hydrogen) atoms. The predicted octanol–water partition coefficient (Wildman–Crippen LogP) is 1.94. The minimum Gasteiger partial charge on any atom is -0.481 e. The first-order valence-corrected chi connectivity index (χ1v) is 6.11. The smallest absolute Gasteiger partial charge is 0.303 e. The van der Waals surface area contributed by atoms with Crippen molar-refractivity contribution in [3.63, 3.8) is 0 Å². The summed E-state index contributed by atoms with van der Waals surface area (Å²) in [5, 5.41) is 11.3. The predicted molar refractivity (Wildman–Crippen MR) is 61.1 cm³/mol. The molecule has 1 aliphatic rings. The summed E-state index contributed by atoms with van der Waals surface area (Å²) in [6, 6.07) is 0. The lowest BCUT2D eigenvalue weighted by Gasteiger charge is -2.40. The van der Waals surface area contributed by atoms with Gasteiger partial charge in [0.05, 0.1) is 0 Å². The van der Waals surface area contributed by atoms with Crippen molar-refractivity contribution >= 4 is 11.9 Å². The van der Waals surface area contributed by atoms with E-state index in [4.69, 9.17) is 5.11 Å². The van der Waals surface area contributed by atoms with Crippen molar-refractivity contribution in [1.82, 2.24) is 5.32 Å². The lowest BCUT2D eigenvalue weighted by atomic mass is 9.65. The highest BCUT2D eigenvalue weighted by Gasteiger charge is 2.42. The van der Waals surface area contributed by atoms with E-state index in [1.54, 1.807) is 0 Å². The molecule has 4 heteroatoms. The van der Waals surface area contributed by atoms with Crippen LogP contribution in [0, 0.1) is 5.41 Å². The van der Waals surface area contributed by atoms with Crippen LogP contribution in [0.3, 0.4) is 0 Å². The molecule has 0 spiro atoms. The molecule has 0 aliphatic heterocycles. The fourth-order valence-corrected chi connectivity index (χ4v) is 2.30. The average Bonchev–Trinajstić information content (AvgIpc) is 2.17. The molecule has 0 radical (unpaired) electrons. The molecule has 0 aromatic heterocycles. The number of hydrogen-bond acceptors (Lipinski definition) is 2. The fraction of sp³-hybridized carbons (Fsp3) is 0.833. The lowest BCUT2D eigenvalue weighted by molar-refractivity contribution is -0.138. The van der Waals surface area contributed by atoms with Crippen LogP contribution in [0.25, 0.3) is 0 Å². The van der Waals surface area contributed by atoms with E-state index in [0.717, 1.165) is 32.1 Å². The Hall–Kier alpha value is -1.06. The SMILES string of the molecule is CCCC1(C(=O)NCCCC(=O)O)CCC1. The molecule has 0 saturated heterocycles. The van der Waals surface area contributed by atoms with E-state index < -0.39 is 5.97 Å². The summed E-state index contributed by atoms with van der Waals surface area (Å²) in [5.41, 5.74) is -0.127. The number of rotatable bonds is 7. The maximum Gasteiger partial charge on any atom is 0.303 e. The number of amides is 1. The van der Waals surface area contributed by atoms with E-state index in [1.807, 2.05) is 0 Å². The Morgan fingerprint density at radius 1 is 1.38 bits per heavy atom. The second-order valence-corrected chi connectivity index (χ2v) is 4.64. The number of carboxylic acid groups (broad SMARTS) is 1. The summed E-state index contributed by atoms with van der Waals surface area (Å²) >= 11 is 0. The zero-order valence-electron chi connectivity index (χ0n) is 9.92. The molecular formula is C12H21NO3. The van der Waals surface area contributed by atoms with Gasteiger partial charge in [-0.05, 0) is 25.7 Å². The molecule has 1 fully saturated rings. The van der Waals surface area contributed by atoms with Crippen LogP contribution in [-0.2, 0) is 9.59 Å². The molecule has 0 bridgehead atoms. The van der Waals surface area contributed by atoms with Crippen LogP contribution in [0.4, 0.5) is 0 Å². The van der Waals surface area contributed by atoms with Crippen LogP contribution in [-0.4, -0.2) is 23.5 Å². The van der Waals surface area contributed by atoms with Gasteiger partial charge in [0, 0.05) is 18.4 Å². The average molecular weight is 227 g/mol. The van der Waals surface area contributed by atoms with Crippen molar-refractivity contribution in [2.75, 3.05) is 6.54 Å². The van der Waals surface area contributed by atoms with Gasteiger partial charge in [0.2, 0.25) is 5.91 Å². The van der Waals surface area contributed by atoms with Crippen molar-refractivity contribution in [3.05, 3.63) is 0 Å². The third-order valence-electron chi connectivity index (χ3n) is 3.37. The maximum atomic E-state index is 11.9. The highest BCUT2D eigenvalue weighted by molar-refractivity contribution is 5.83. The van der Waals surface area contributed by atoms with Crippen molar-refractivity contribution in [2.24, 2.45) is 5.41 Å². The van der Waals surface area contributed by atoms with Gasteiger partial charge in [-0.25, -0.2) is 0 Å². The van der Waals surface area contributed by atoms with E-state index in [0.29, 0.717) is 13.0 Å². The third kappa shape index (κ3) is 3.22. The Labute approximate surface area is 96.4 Å². The number of hydrogen-bond donors (Lipinski definition) is 2. The number of nitrogens with one attached hydrogen (secondary N) is 1. The molecule has 92 valence electrons. The number of carboxylic acids is 1. The summed E-state index contributed by atoms with van der Waals surface area (Å²) in [5.74, 6) is -0.674. The Balaban J connectivity index is 2.25. The summed E-state index contributed by atoms with van der Waals surface area (Å²) in [4.78, 5) is 22.2. The zero-order chi connectivity index (χ0) is 12.0. The second kappa shape index (κ2) is 5.87. The quantitative estimate of drug-likeness (QED) is 0.653. The molecule has 2 N–H and O–H groups in total. The Bertz CT molecular complexity index is 259. The van der Waals surface area contributed by atoms with Crippen LogP contribution in [0.15, 0.2) is 0 Å². The van der Waals surface area contributed by atoms with E-state index in [1.165, 1.54) is 0 Å². The monoisotopic (exact) mass is 227 g/mol.